The van der Waals surface area contributed by atoms with Crippen molar-refractivity contribution in [1.29, 1.82) is 5.26 Å². The molecule has 0 saturated carbocycles. The van der Waals surface area contributed by atoms with E-state index in [2.05, 4.69) is 12.2 Å². The third-order valence-electron chi connectivity index (χ3n) is 4.20. The van der Waals surface area contributed by atoms with Gasteiger partial charge in [0.15, 0.2) is 6.19 Å². The fourth-order valence-electron chi connectivity index (χ4n) is 2.78. The van der Waals surface area contributed by atoms with Crippen LogP contribution >= 0.6 is 0 Å². The van der Waals surface area contributed by atoms with E-state index in [-0.39, 0.29) is 35.5 Å². The number of hydrogen-bond donors (Lipinski definition) is 1. The van der Waals surface area contributed by atoms with Crippen LogP contribution < -0.4 is 5.32 Å². The number of carbonyl (C=O) groups excluding carboxylic acids is 1. The van der Waals surface area contributed by atoms with Crippen molar-refractivity contribution in [3.8, 4) is 6.19 Å². The third-order valence-corrected chi connectivity index (χ3v) is 4.20. The fourth-order valence-corrected chi connectivity index (χ4v) is 2.78. The summed E-state index contributed by atoms with van der Waals surface area (Å²) in [5, 5.41) is 10.4. The molecular formula is C19H37N2NaO. The van der Waals surface area contributed by atoms with Gasteiger partial charge in [-0.1, -0.05) is 96.8 Å². The molecule has 1 amide bonds. The summed E-state index contributed by atoms with van der Waals surface area (Å²) in [6, 6.07) is 0. The molecule has 0 radical (unpaired) electrons. The maximum absolute atomic E-state index is 11.0. The molecule has 0 aromatic rings. The Morgan fingerprint density at radius 1 is 0.739 bits per heavy atom. The molecular weight excluding hydrogens is 295 g/mol. The predicted molar refractivity (Wildman–Crippen MR) is 100 cm³/mol. The number of nitrogens with zero attached hydrogens (tertiary/aromatic N) is 1. The zero-order valence-electron chi connectivity index (χ0n) is 14.7. The second-order valence-electron chi connectivity index (χ2n) is 6.36. The van der Waals surface area contributed by atoms with Crippen molar-refractivity contribution in [2.45, 2.75) is 110 Å². The maximum atomic E-state index is 11.0. The van der Waals surface area contributed by atoms with Crippen LogP contribution in [0, 0.1) is 11.5 Å². The van der Waals surface area contributed by atoms with Gasteiger partial charge in [-0.25, -0.2) is 0 Å². The fraction of sp³-hybridized carbons (Fsp3) is 0.895. The topological polar surface area (TPSA) is 52.9 Å². The van der Waals surface area contributed by atoms with Crippen molar-refractivity contribution in [2.24, 2.45) is 0 Å². The molecule has 23 heavy (non-hydrogen) atoms. The SMILES string of the molecule is CCCCCCCCCCCCCCCCCC(=O)NC#N.[NaH]. The predicted octanol–water partition coefficient (Wildman–Crippen LogP) is 5.20. The molecule has 0 spiro atoms. The molecule has 0 atom stereocenters. The average molecular weight is 333 g/mol. The molecule has 1 N–H and O–H groups in total. The van der Waals surface area contributed by atoms with Gasteiger partial charge in [0.1, 0.15) is 0 Å². The van der Waals surface area contributed by atoms with E-state index in [1.165, 1.54) is 83.5 Å². The van der Waals surface area contributed by atoms with Crippen LogP contribution in [0.3, 0.4) is 0 Å². The molecule has 0 saturated heterocycles. The third kappa shape index (κ3) is 22.0. The van der Waals surface area contributed by atoms with E-state index in [1.54, 1.807) is 6.19 Å². The van der Waals surface area contributed by atoms with Gasteiger partial charge >= 0.3 is 29.6 Å². The molecule has 3 nitrogen and oxygen atoms in total. The Kier molecular flexibility index (Phi) is 24.1. The summed E-state index contributed by atoms with van der Waals surface area (Å²) in [6.45, 7) is 2.27. The van der Waals surface area contributed by atoms with Crippen LogP contribution in [-0.4, -0.2) is 35.5 Å². The van der Waals surface area contributed by atoms with Gasteiger partial charge in [0.25, 0.3) is 0 Å². The first-order chi connectivity index (χ1) is 10.8. The van der Waals surface area contributed by atoms with Gasteiger partial charge in [0.05, 0.1) is 0 Å². The number of nitrogens with one attached hydrogen (secondary N) is 1. The van der Waals surface area contributed by atoms with Crippen molar-refractivity contribution in [3.05, 3.63) is 0 Å². The first-order valence-electron chi connectivity index (χ1n) is 9.49. The minimum atomic E-state index is -0.141. The van der Waals surface area contributed by atoms with E-state index in [1.807, 2.05) is 0 Å². The van der Waals surface area contributed by atoms with Gasteiger partial charge < -0.3 is 0 Å². The summed E-state index contributed by atoms with van der Waals surface area (Å²) in [7, 11) is 0. The first kappa shape index (κ1) is 25.2. The summed E-state index contributed by atoms with van der Waals surface area (Å²) < 4.78 is 0. The summed E-state index contributed by atoms with van der Waals surface area (Å²) in [5.41, 5.74) is 0. The van der Waals surface area contributed by atoms with E-state index in [0.717, 1.165) is 12.8 Å². The average Bonchev–Trinajstić information content (AvgIpc) is 2.51. The Labute approximate surface area is 166 Å². The van der Waals surface area contributed by atoms with Crippen molar-refractivity contribution in [3.63, 3.8) is 0 Å². The molecule has 0 aliphatic carbocycles. The molecule has 0 heterocycles. The van der Waals surface area contributed by atoms with Crippen LogP contribution in [0.4, 0.5) is 0 Å². The van der Waals surface area contributed by atoms with Gasteiger partial charge in [0.2, 0.25) is 5.91 Å². The Morgan fingerprint density at radius 2 is 1.09 bits per heavy atom. The van der Waals surface area contributed by atoms with Gasteiger partial charge in [-0.3, -0.25) is 10.1 Å². The number of unbranched alkanes of at least 4 members (excludes halogenated alkanes) is 14. The van der Waals surface area contributed by atoms with Crippen molar-refractivity contribution >= 4 is 35.5 Å². The number of nitriles is 1. The molecule has 0 fully saturated rings. The van der Waals surface area contributed by atoms with Crippen LogP contribution in [0.15, 0.2) is 0 Å². The van der Waals surface area contributed by atoms with Crippen LogP contribution in [0.5, 0.6) is 0 Å². The summed E-state index contributed by atoms with van der Waals surface area (Å²) in [6.07, 6.45) is 22.1. The van der Waals surface area contributed by atoms with Gasteiger partial charge in [-0.05, 0) is 6.42 Å². The molecule has 130 valence electrons. The second kappa shape index (κ2) is 22.0. The molecule has 0 rings (SSSR count). The Morgan fingerprint density at radius 3 is 1.43 bits per heavy atom. The van der Waals surface area contributed by atoms with Crippen LogP contribution in [0.25, 0.3) is 0 Å². The zero-order valence-corrected chi connectivity index (χ0v) is 14.7. The van der Waals surface area contributed by atoms with E-state index in [0.29, 0.717) is 6.42 Å². The molecule has 0 aliphatic rings. The molecule has 0 unspecified atom stereocenters. The Bertz CT molecular complexity index is 290. The Balaban J connectivity index is 0. The molecule has 0 aromatic heterocycles. The quantitative estimate of drug-likeness (QED) is 0.183. The van der Waals surface area contributed by atoms with E-state index < -0.39 is 0 Å². The van der Waals surface area contributed by atoms with Crippen LogP contribution in [0.1, 0.15) is 110 Å². The van der Waals surface area contributed by atoms with E-state index >= 15 is 0 Å². The normalized spacial score (nSPS) is 9.91. The standard InChI is InChI=1S/C19H36N2O.Na.H/c1-2-3-4-5-6-7-8-9-10-11-12-13-14-15-16-17-19(22)21-18-20;;/h2-17H2,1H3,(H,21,22);;. The molecule has 0 bridgehead atoms. The number of carbonyl (C=O) groups is 1. The molecule has 0 aliphatic heterocycles. The van der Waals surface area contributed by atoms with Crippen molar-refractivity contribution < 1.29 is 4.79 Å². The second-order valence-corrected chi connectivity index (χ2v) is 6.36. The van der Waals surface area contributed by atoms with Gasteiger partial charge in [-0.15, -0.1) is 0 Å². The number of rotatable bonds is 16. The zero-order chi connectivity index (χ0) is 16.3. The molecule has 0 aromatic carbocycles. The van der Waals surface area contributed by atoms with E-state index in [4.69, 9.17) is 5.26 Å². The number of amides is 1. The summed E-state index contributed by atoms with van der Waals surface area (Å²) in [4.78, 5) is 11.0. The number of hydrogen-bond acceptors (Lipinski definition) is 2. The monoisotopic (exact) mass is 332 g/mol. The van der Waals surface area contributed by atoms with Crippen molar-refractivity contribution in [1.82, 2.24) is 5.32 Å². The summed E-state index contributed by atoms with van der Waals surface area (Å²) in [5.74, 6) is -0.141. The minimum absolute atomic E-state index is 0. The summed E-state index contributed by atoms with van der Waals surface area (Å²) >= 11 is 0. The van der Waals surface area contributed by atoms with Crippen molar-refractivity contribution in [2.75, 3.05) is 0 Å². The van der Waals surface area contributed by atoms with Crippen LogP contribution in [-0.2, 0) is 4.79 Å². The van der Waals surface area contributed by atoms with E-state index in [9.17, 15) is 4.79 Å². The van der Waals surface area contributed by atoms with Gasteiger partial charge in [-0.2, -0.15) is 5.26 Å². The Hall–Kier alpha value is -0.0400. The van der Waals surface area contributed by atoms with Gasteiger partial charge in [0, 0.05) is 6.42 Å². The van der Waals surface area contributed by atoms with Crippen LogP contribution in [0.2, 0.25) is 0 Å². The first-order valence-corrected chi connectivity index (χ1v) is 9.49. The molecule has 4 heteroatoms.